The van der Waals surface area contributed by atoms with Gasteiger partial charge in [0.1, 0.15) is 11.5 Å². The zero-order valence-corrected chi connectivity index (χ0v) is 17.2. The maximum Gasteiger partial charge on any atom is 0.322 e. The average Bonchev–Trinajstić information content (AvgIpc) is 3.21. The van der Waals surface area contributed by atoms with Crippen LogP contribution in [0.5, 0.6) is 11.5 Å². The first kappa shape index (κ1) is 20.7. The van der Waals surface area contributed by atoms with Gasteiger partial charge in [-0.25, -0.2) is 0 Å². The summed E-state index contributed by atoms with van der Waals surface area (Å²) in [6.45, 7) is 2.54. The molecule has 0 aliphatic carbocycles. The second kappa shape index (κ2) is 10.5. The van der Waals surface area contributed by atoms with Crippen molar-refractivity contribution in [3.63, 3.8) is 0 Å². The van der Waals surface area contributed by atoms with E-state index in [1.165, 1.54) is 0 Å². The van der Waals surface area contributed by atoms with E-state index in [9.17, 15) is 4.79 Å². The number of nitrogens with one attached hydrogen (secondary N) is 1. The molecular formula is C21H23N3O4S. The number of benzene rings is 2. The van der Waals surface area contributed by atoms with Gasteiger partial charge < -0.3 is 13.9 Å². The van der Waals surface area contributed by atoms with Crippen molar-refractivity contribution in [3.8, 4) is 23.0 Å². The van der Waals surface area contributed by atoms with Crippen LogP contribution in [0.15, 0.2) is 57.8 Å². The maximum atomic E-state index is 12.1. The van der Waals surface area contributed by atoms with Gasteiger partial charge in [0.15, 0.2) is 0 Å². The second-order valence-electron chi connectivity index (χ2n) is 6.05. The quantitative estimate of drug-likeness (QED) is 0.382. The Labute approximate surface area is 173 Å². The van der Waals surface area contributed by atoms with Gasteiger partial charge in [-0.15, -0.1) is 16.9 Å². The van der Waals surface area contributed by atoms with Gasteiger partial charge in [0.25, 0.3) is 0 Å². The molecule has 1 amide bonds. The first-order chi connectivity index (χ1) is 14.2. The third kappa shape index (κ3) is 6.25. The highest BCUT2D eigenvalue weighted by Crippen LogP contribution is 2.24. The number of amides is 1. The number of rotatable bonds is 10. The molecule has 0 spiro atoms. The third-order valence-electron chi connectivity index (χ3n) is 3.96. The number of carbonyl (C=O) groups excluding carboxylic acids is 1. The monoisotopic (exact) mass is 413 g/mol. The van der Waals surface area contributed by atoms with Crippen molar-refractivity contribution in [2.45, 2.75) is 24.7 Å². The molecule has 1 heterocycles. The van der Waals surface area contributed by atoms with Gasteiger partial charge in [-0.3, -0.25) is 10.1 Å². The highest BCUT2D eigenvalue weighted by molar-refractivity contribution is 7.99. The molecule has 152 valence electrons. The van der Waals surface area contributed by atoms with Crippen LogP contribution in [0, 0.1) is 0 Å². The van der Waals surface area contributed by atoms with E-state index < -0.39 is 0 Å². The summed E-state index contributed by atoms with van der Waals surface area (Å²) in [7, 11) is 1.64. The molecule has 3 aromatic rings. The summed E-state index contributed by atoms with van der Waals surface area (Å²) in [6.07, 6.45) is 1.12. The third-order valence-corrected chi connectivity index (χ3v) is 5.06. The molecule has 3 rings (SSSR count). The van der Waals surface area contributed by atoms with E-state index in [-0.39, 0.29) is 11.9 Å². The SMILES string of the molecule is CCOc1ccc(-c2nnc(NC(=O)CCCSc3ccc(OC)cc3)o2)cc1. The molecule has 0 aliphatic rings. The molecule has 0 atom stereocenters. The van der Waals surface area contributed by atoms with E-state index >= 15 is 0 Å². The Morgan fingerprint density at radius 2 is 1.79 bits per heavy atom. The molecule has 29 heavy (non-hydrogen) atoms. The first-order valence-electron chi connectivity index (χ1n) is 9.31. The summed E-state index contributed by atoms with van der Waals surface area (Å²) >= 11 is 1.70. The molecule has 1 aromatic heterocycles. The van der Waals surface area contributed by atoms with Crippen LogP contribution in [0.3, 0.4) is 0 Å². The molecule has 0 unspecified atom stereocenters. The molecule has 0 radical (unpaired) electrons. The number of nitrogens with zero attached hydrogens (tertiary/aromatic N) is 2. The van der Waals surface area contributed by atoms with E-state index in [0.717, 1.165) is 34.1 Å². The number of aromatic nitrogens is 2. The molecule has 8 heteroatoms. The Hall–Kier alpha value is -3.00. The number of hydrogen-bond donors (Lipinski definition) is 1. The lowest BCUT2D eigenvalue weighted by molar-refractivity contribution is -0.116. The van der Waals surface area contributed by atoms with Crippen molar-refractivity contribution in [1.29, 1.82) is 0 Å². The number of anilines is 1. The molecule has 1 N–H and O–H groups in total. The summed E-state index contributed by atoms with van der Waals surface area (Å²) in [5.74, 6) is 2.64. The van der Waals surface area contributed by atoms with Gasteiger partial charge in [0.2, 0.25) is 11.8 Å². The summed E-state index contributed by atoms with van der Waals surface area (Å²) in [4.78, 5) is 13.2. The molecule has 0 saturated carbocycles. The second-order valence-corrected chi connectivity index (χ2v) is 7.21. The van der Waals surface area contributed by atoms with Crippen LogP contribution in [-0.2, 0) is 4.79 Å². The lowest BCUT2D eigenvalue weighted by atomic mass is 10.2. The van der Waals surface area contributed by atoms with Gasteiger partial charge in [-0.2, -0.15) is 0 Å². The highest BCUT2D eigenvalue weighted by atomic mass is 32.2. The Balaban J connectivity index is 1.42. The van der Waals surface area contributed by atoms with Crippen LogP contribution in [0.2, 0.25) is 0 Å². The summed E-state index contributed by atoms with van der Waals surface area (Å²) in [6, 6.07) is 15.3. The number of hydrogen-bond acceptors (Lipinski definition) is 7. The minimum atomic E-state index is -0.151. The van der Waals surface area contributed by atoms with Gasteiger partial charge in [-0.05, 0) is 67.6 Å². The van der Waals surface area contributed by atoms with Gasteiger partial charge >= 0.3 is 6.01 Å². The lowest BCUT2D eigenvalue weighted by Gasteiger charge is -2.04. The summed E-state index contributed by atoms with van der Waals surface area (Å²) in [5.41, 5.74) is 0.761. The Morgan fingerprint density at radius 1 is 1.07 bits per heavy atom. The van der Waals surface area contributed by atoms with Crippen LogP contribution in [-0.4, -0.2) is 35.6 Å². The molecule has 0 aliphatic heterocycles. The van der Waals surface area contributed by atoms with E-state index in [1.807, 2.05) is 55.5 Å². The Kier molecular flexibility index (Phi) is 7.52. The molecule has 0 fully saturated rings. The average molecular weight is 413 g/mol. The van der Waals surface area contributed by atoms with Crippen molar-refractivity contribution in [1.82, 2.24) is 10.2 Å². The smallest absolute Gasteiger partial charge is 0.322 e. The van der Waals surface area contributed by atoms with Crippen molar-refractivity contribution in [3.05, 3.63) is 48.5 Å². The normalized spacial score (nSPS) is 10.6. The fourth-order valence-electron chi connectivity index (χ4n) is 2.53. The maximum absolute atomic E-state index is 12.1. The fourth-order valence-corrected chi connectivity index (χ4v) is 3.38. The number of thioether (sulfide) groups is 1. The van der Waals surface area contributed by atoms with Crippen LogP contribution in [0.4, 0.5) is 6.01 Å². The zero-order chi connectivity index (χ0) is 20.5. The van der Waals surface area contributed by atoms with Crippen molar-refractivity contribution >= 4 is 23.7 Å². The minimum Gasteiger partial charge on any atom is -0.497 e. The van der Waals surface area contributed by atoms with Gasteiger partial charge in [0.05, 0.1) is 13.7 Å². The predicted molar refractivity (Wildman–Crippen MR) is 112 cm³/mol. The summed E-state index contributed by atoms with van der Waals surface area (Å²) in [5, 5.41) is 10.5. The van der Waals surface area contributed by atoms with Crippen LogP contribution in [0.25, 0.3) is 11.5 Å². The molecule has 7 nitrogen and oxygen atoms in total. The van der Waals surface area contributed by atoms with Crippen LogP contribution < -0.4 is 14.8 Å². The van der Waals surface area contributed by atoms with E-state index in [4.69, 9.17) is 13.9 Å². The molecule has 2 aromatic carbocycles. The zero-order valence-electron chi connectivity index (χ0n) is 16.4. The lowest BCUT2D eigenvalue weighted by Crippen LogP contribution is -2.11. The number of methoxy groups -OCH3 is 1. The van der Waals surface area contributed by atoms with Crippen LogP contribution in [0.1, 0.15) is 19.8 Å². The minimum absolute atomic E-state index is 0.0988. The topological polar surface area (TPSA) is 86.5 Å². The van der Waals surface area contributed by atoms with Crippen molar-refractivity contribution < 1.29 is 18.7 Å². The van der Waals surface area contributed by atoms with Crippen molar-refractivity contribution in [2.24, 2.45) is 0 Å². The molecule has 0 saturated heterocycles. The molecular weight excluding hydrogens is 390 g/mol. The van der Waals surface area contributed by atoms with Gasteiger partial charge in [-0.1, -0.05) is 5.10 Å². The van der Waals surface area contributed by atoms with Gasteiger partial charge in [0, 0.05) is 16.9 Å². The van der Waals surface area contributed by atoms with Crippen molar-refractivity contribution in [2.75, 3.05) is 24.8 Å². The first-order valence-corrected chi connectivity index (χ1v) is 10.3. The van der Waals surface area contributed by atoms with E-state index in [1.54, 1.807) is 18.9 Å². The van der Waals surface area contributed by atoms with E-state index in [2.05, 4.69) is 15.5 Å². The Morgan fingerprint density at radius 3 is 2.48 bits per heavy atom. The Bertz CT molecular complexity index is 910. The largest absolute Gasteiger partial charge is 0.497 e. The standard InChI is InChI=1S/C21H23N3O4S/c1-3-27-17-8-6-15(7-9-17)20-23-24-21(28-20)22-19(25)5-4-14-29-18-12-10-16(26-2)11-13-18/h6-13H,3-5,14H2,1-2H3,(H,22,24,25). The predicted octanol–water partition coefficient (Wildman–Crippen LogP) is 4.65. The van der Waals surface area contributed by atoms with E-state index in [0.29, 0.717) is 18.9 Å². The number of carbonyl (C=O) groups is 1. The molecule has 0 bridgehead atoms. The summed E-state index contributed by atoms with van der Waals surface area (Å²) < 4.78 is 16.1. The fraction of sp³-hybridized carbons (Fsp3) is 0.286. The van der Waals surface area contributed by atoms with Crippen LogP contribution >= 0.6 is 11.8 Å². The highest BCUT2D eigenvalue weighted by Gasteiger charge is 2.11. The number of ether oxygens (including phenoxy) is 2.